The molecule has 0 saturated carbocycles. The van der Waals surface area contributed by atoms with Crippen molar-refractivity contribution in [3.8, 4) is 5.75 Å². The predicted molar refractivity (Wildman–Crippen MR) is 105 cm³/mol. The molecule has 7 nitrogen and oxygen atoms in total. The van der Waals surface area contributed by atoms with E-state index < -0.39 is 75.7 Å². The van der Waals surface area contributed by atoms with E-state index in [0.717, 1.165) is 11.1 Å². The van der Waals surface area contributed by atoms with E-state index in [0.29, 0.717) is 12.1 Å². The number of hydrogen-bond donors (Lipinski definition) is 2. The van der Waals surface area contributed by atoms with Crippen molar-refractivity contribution < 1.29 is 32.3 Å². The fraction of sp³-hybridized carbons (Fsp3) is 0.286. The second-order valence-electron chi connectivity index (χ2n) is 7.14. The number of nitrogens with zero attached hydrogens (tertiary/aromatic N) is 2. The number of nitrogens with one attached hydrogen (secondary N) is 1. The maximum absolute atomic E-state index is 13.9. The summed E-state index contributed by atoms with van der Waals surface area (Å²) in [6.07, 6.45) is 2.23. The van der Waals surface area contributed by atoms with E-state index in [1.165, 1.54) is 24.5 Å². The zero-order chi connectivity index (χ0) is 23.7. The van der Waals surface area contributed by atoms with Gasteiger partial charge in [0.15, 0.2) is 11.4 Å². The lowest BCUT2D eigenvalue weighted by atomic mass is 10.1. The van der Waals surface area contributed by atoms with Crippen molar-refractivity contribution >= 4 is 11.8 Å². The molecule has 0 saturated heterocycles. The summed E-state index contributed by atoms with van der Waals surface area (Å²) in [4.78, 5) is 38.8. The van der Waals surface area contributed by atoms with Crippen LogP contribution in [0.3, 0.4) is 0 Å². The fourth-order valence-corrected chi connectivity index (χ4v) is 3.43. The smallest absolute Gasteiger partial charge is 0.275 e. The monoisotopic (exact) mass is 453 g/mol. The van der Waals surface area contributed by atoms with Gasteiger partial charge in [-0.3, -0.25) is 14.4 Å². The lowest BCUT2D eigenvalue weighted by Gasteiger charge is -2.34. The van der Waals surface area contributed by atoms with E-state index >= 15 is 0 Å². The molecule has 0 aliphatic carbocycles. The molecule has 0 radical (unpaired) electrons. The summed E-state index contributed by atoms with van der Waals surface area (Å²) in [5.74, 6) is -6.99. The van der Waals surface area contributed by atoms with E-state index in [1.807, 2.05) is 0 Å². The molecule has 0 bridgehead atoms. The SMILES string of the molecule is C/C=C(/F)C(C)N1CCn2cc(C(=O)NCc3c(F)cc(F)cc3F)c(=O)c(O)c2C1=O. The number of aromatic hydroxyl groups is 1. The third-order valence-corrected chi connectivity index (χ3v) is 5.22. The Morgan fingerprint density at radius 3 is 2.44 bits per heavy atom. The van der Waals surface area contributed by atoms with Gasteiger partial charge in [0.2, 0.25) is 5.43 Å². The largest absolute Gasteiger partial charge is 0.503 e. The summed E-state index contributed by atoms with van der Waals surface area (Å²) in [7, 11) is 0. The summed E-state index contributed by atoms with van der Waals surface area (Å²) in [6, 6.07) is -0.0303. The molecule has 0 fully saturated rings. The number of aromatic nitrogens is 1. The molecule has 1 aliphatic rings. The highest BCUT2D eigenvalue weighted by Gasteiger charge is 2.34. The number of rotatable bonds is 5. The van der Waals surface area contributed by atoms with Crippen molar-refractivity contribution in [3.05, 3.63) is 74.7 Å². The predicted octanol–water partition coefficient (Wildman–Crippen LogP) is 2.62. The Morgan fingerprint density at radius 1 is 1.22 bits per heavy atom. The Labute approximate surface area is 179 Å². The number of fused-ring (bicyclic) bond motifs is 1. The molecule has 2 heterocycles. The van der Waals surface area contributed by atoms with Crippen molar-refractivity contribution in [1.29, 1.82) is 0 Å². The van der Waals surface area contributed by atoms with Gasteiger partial charge in [-0.15, -0.1) is 0 Å². The van der Waals surface area contributed by atoms with Gasteiger partial charge in [0, 0.05) is 43.5 Å². The summed E-state index contributed by atoms with van der Waals surface area (Å²) < 4.78 is 55.6. The Balaban J connectivity index is 1.89. The molecule has 1 atom stereocenters. The summed E-state index contributed by atoms with van der Waals surface area (Å²) in [5, 5.41) is 12.4. The maximum Gasteiger partial charge on any atom is 0.275 e. The van der Waals surface area contributed by atoms with E-state index in [9.17, 15) is 37.1 Å². The van der Waals surface area contributed by atoms with Crippen LogP contribution in [0.4, 0.5) is 17.6 Å². The highest BCUT2D eigenvalue weighted by Crippen LogP contribution is 2.24. The molecule has 1 aromatic carbocycles. The second-order valence-corrected chi connectivity index (χ2v) is 7.14. The molecule has 3 rings (SSSR count). The number of carbonyl (C=O) groups excluding carboxylic acids is 2. The van der Waals surface area contributed by atoms with Gasteiger partial charge in [-0.1, -0.05) is 6.08 Å². The Bertz CT molecular complexity index is 1170. The van der Waals surface area contributed by atoms with Gasteiger partial charge >= 0.3 is 0 Å². The van der Waals surface area contributed by atoms with Crippen molar-refractivity contribution in [3.63, 3.8) is 0 Å². The normalized spacial score (nSPS) is 14.9. The topological polar surface area (TPSA) is 91.6 Å². The molecule has 2 N–H and O–H groups in total. The first-order chi connectivity index (χ1) is 15.1. The first-order valence-electron chi connectivity index (χ1n) is 9.57. The van der Waals surface area contributed by atoms with Crippen LogP contribution in [0.1, 0.15) is 40.3 Å². The van der Waals surface area contributed by atoms with Crippen LogP contribution >= 0.6 is 0 Å². The van der Waals surface area contributed by atoms with Gasteiger partial charge in [-0.2, -0.15) is 0 Å². The molecule has 1 aromatic heterocycles. The molecule has 11 heteroatoms. The summed E-state index contributed by atoms with van der Waals surface area (Å²) >= 11 is 0. The number of pyridine rings is 1. The van der Waals surface area contributed by atoms with Crippen molar-refractivity contribution in [1.82, 2.24) is 14.8 Å². The quantitative estimate of drug-likeness (QED) is 0.681. The summed E-state index contributed by atoms with van der Waals surface area (Å²) in [5.41, 5.74) is -2.76. The van der Waals surface area contributed by atoms with Gasteiger partial charge in [0.05, 0.1) is 6.04 Å². The molecule has 170 valence electrons. The van der Waals surface area contributed by atoms with Crippen LogP contribution in [-0.4, -0.2) is 39.0 Å². The zero-order valence-corrected chi connectivity index (χ0v) is 17.1. The number of allylic oxidation sites excluding steroid dienone is 1. The van der Waals surface area contributed by atoms with Crippen molar-refractivity contribution in [2.75, 3.05) is 6.54 Å². The number of benzene rings is 1. The van der Waals surface area contributed by atoms with E-state index in [4.69, 9.17) is 0 Å². The Kier molecular flexibility index (Phi) is 6.37. The zero-order valence-electron chi connectivity index (χ0n) is 17.1. The third-order valence-electron chi connectivity index (χ3n) is 5.22. The van der Waals surface area contributed by atoms with Gasteiger partial charge in [0.25, 0.3) is 11.8 Å². The number of hydrogen-bond acceptors (Lipinski definition) is 4. The average molecular weight is 453 g/mol. The third kappa shape index (κ3) is 4.10. The number of amides is 2. The van der Waals surface area contributed by atoms with Crippen LogP contribution in [0.25, 0.3) is 0 Å². The van der Waals surface area contributed by atoms with Gasteiger partial charge in [-0.05, 0) is 13.8 Å². The molecular weight excluding hydrogens is 434 g/mol. The van der Waals surface area contributed by atoms with Crippen LogP contribution < -0.4 is 10.7 Å². The average Bonchev–Trinajstić information content (AvgIpc) is 2.74. The van der Waals surface area contributed by atoms with Crippen LogP contribution in [0, 0.1) is 17.5 Å². The highest BCUT2D eigenvalue weighted by atomic mass is 19.1. The number of halogens is 4. The maximum atomic E-state index is 13.9. The van der Waals surface area contributed by atoms with Crippen LogP contribution in [0.2, 0.25) is 0 Å². The standard InChI is InChI=1S/C21H19F4N3O4/c1-3-14(23)10(2)28-5-4-27-9-13(18(29)19(30)17(27)21(28)32)20(31)26-8-12-15(24)6-11(22)7-16(12)25/h3,6-7,9-10,30H,4-5,8H2,1-2H3,(H,26,31)/b14-3+. The molecule has 2 amide bonds. The fourth-order valence-electron chi connectivity index (χ4n) is 3.43. The van der Waals surface area contributed by atoms with E-state index in [1.54, 1.807) is 0 Å². The van der Waals surface area contributed by atoms with Crippen LogP contribution in [-0.2, 0) is 13.1 Å². The first-order valence-corrected chi connectivity index (χ1v) is 9.57. The lowest BCUT2D eigenvalue weighted by molar-refractivity contribution is 0.0634. The van der Waals surface area contributed by atoms with Crippen molar-refractivity contribution in [2.45, 2.75) is 33.0 Å². The molecular formula is C21H19F4N3O4. The molecule has 0 spiro atoms. The molecule has 1 unspecified atom stereocenters. The Morgan fingerprint density at radius 2 is 1.84 bits per heavy atom. The minimum Gasteiger partial charge on any atom is -0.503 e. The van der Waals surface area contributed by atoms with E-state index in [-0.39, 0.29) is 13.1 Å². The molecule has 32 heavy (non-hydrogen) atoms. The first kappa shape index (κ1) is 23.0. The van der Waals surface area contributed by atoms with Crippen molar-refractivity contribution in [2.24, 2.45) is 0 Å². The molecule has 1 aliphatic heterocycles. The van der Waals surface area contributed by atoms with Gasteiger partial charge in [-0.25, -0.2) is 17.6 Å². The van der Waals surface area contributed by atoms with Gasteiger partial charge in [0.1, 0.15) is 28.8 Å². The lowest BCUT2D eigenvalue weighted by Crippen LogP contribution is -2.47. The minimum absolute atomic E-state index is 0.0453. The molecule has 2 aromatic rings. The van der Waals surface area contributed by atoms with Gasteiger partial charge < -0.3 is 19.9 Å². The minimum atomic E-state index is -1.22. The summed E-state index contributed by atoms with van der Waals surface area (Å²) in [6.45, 7) is 2.32. The highest BCUT2D eigenvalue weighted by molar-refractivity contribution is 5.99. The van der Waals surface area contributed by atoms with Crippen LogP contribution in [0.15, 0.2) is 35.0 Å². The number of carbonyl (C=O) groups is 2. The Hall–Kier alpha value is -3.63. The van der Waals surface area contributed by atoms with E-state index in [2.05, 4.69) is 5.32 Å². The van der Waals surface area contributed by atoms with Crippen LogP contribution in [0.5, 0.6) is 5.75 Å². The second kappa shape index (κ2) is 8.85.